The summed E-state index contributed by atoms with van der Waals surface area (Å²) in [6.45, 7) is 4.10. The molecule has 0 unspecified atom stereocenters. The number of carbonyl (C=O) groups excluding carboxylic acids is 1. The monoisotopic (exact) mass is 369 g/mol. The summed E-state index contributed by atoms with van der Waals surface area (Å²) < 4.78 is 16.4. The Balaban J connectivity index is 1.70. The van der Waals surface area contributed by atoms with Gasteiger partial charge >= 0.3 is 0 Å². The maximum atomic E-state index is 12.9. The molecule has 0 saturated carbocycles. The number of hydrogen-bond acceptors (Lipinski definition) is 4. The summed E-state index contributed by atoms with van der Waals surface area (Å²) in [4.78, 5) is 14.8. The Kier molecular flexibility index (Phi) is 6.22. The Hall–Kier alpha value is -2.69. The molecular weight excluding hydrogens is 342 g/mol. The third-order valence-electron chi connectivity index (χ3n) is 4.87. The van der Waals surface area contributed by atoms with Crippen LogP contribution in [-0.4, -0.2) is 38.2 Å². The van der Waals surface area contributed by atoms with Gasteiger partial charge in [-0.25, -0.2) is 0 Å². The number of fused-ring (bicyclic) bond motifs is 1. The highest BCUT2D eigenvalue weighted by molar-refractivity contribution is 5.94. The molecule has 5 nitrogen and oxygen atoms in total. The lowest BCUT2D eigenvalue weighted by molar-refractivity contribution is 0.0734. The van der Waals surface area contributed by atoms with Crippen LogP contribution < -0.4 is 14.2 Å². The first kappa shape index (κ1) is 19.1. The van der Waals surface area contributed by atoms with Crippen LogP contribution in [0.3, 0.4) is 0 Å². The van der Waals surface area contributed by atoms with Crippen LogP contribution in [0.4, 0.5) is 0 Å². The van der Waals surface area contributed by atoms with Crippen LogP contribution in [0, 0.1) is 0 Å². The van der Waals surface area contributed by atoms with Crippen LogP contribution in [0.25, 0.3) is 0 Å². The molecule has 0 aromatic heterocycles. The van der Waals surface area contributed by atoms with Gasteiger partial charge in [0.1, 0.15) is 5.75 Å². The third-order valence-corrected chi connectivity index (χ3v) is 4.87. The van der Waals surface area contributed by atoms with Crippen molar-refractivity contribution in [3.63, 3.8) is 0 Å². The SMILES string of the molecule is CCCCOc1ccc(C(=O)N2CCc3cc(OC)c(OC)cc3C2)cc1. The van der Waals surface area contributed by atoms with Crippen molar-refractivity contribution in [3.05, 3.63) is 53.1 Å². The zero-order chi connectivity index (χ0) is 19.2. The highest BCUT2D eigenvalue weighted by Crippen LogP contribution is 2.33. The van der Waals surface area contributed by atoms with Crippen LogP contribution >= 0.6 is 0 Å². The number of ether oxygens (including phenoxy) is 3. The standard InChI is InChI=1S/C22H27NO4/c1-4-5-12-27-19-8-6-16(7-9-19)22(24)23-11-10-17-13-20(25-2)21(26-3)14-18(17)15-23/h6-9,13-14H,4-5,10-12,15H2,1-3H3. The second-order valence-electron chi connectivity index (χ2n) is 6.68. The molecule has 1 amide bonds. The van der Waals surface area contributed by atoms with Gasteiger partial charge in [-0.2, -0.15) is 0 Å². The highest BCUT2D eigenvalue weighted by Gasteiger charge is 2.23. The second-order valence-corrected chi connectivity index (χ2v) is 6.68. The first-order chi connectivity index (χ1) is 13.2. The average Bonchev–Trinajstić information content (AvgIpc) is 2.72. The molecule has 5 heteroatoms. The minimum absolute atomic E-state index is 0.0375. The molecule has 144 valence electrons. The number of hydrogen-bond donors (Lipinski definition) is 0. The number of methoxy groups -OCH3 is 2. The highest BCUT2D eigenvalue weighted by atomic mass is 16.5. The van der Waals surface area contributed by atoms with Crippen molar-refractivity contribution in [2.45, 2.75) is 32.7 Å². The molecule has 27 heavy (non-hydrogen) atoms. The van der Waals surface area contributed by atoms with E-state index in [0.29, 0.717) is 31.0 Å². The number of nitrogens with zero attached hydrogens (tertiary/aromatic N) is 1. The van der Waals surface area contributed by atoms with Crippen molar-refractivity contribution in [1.29, 1.82) is 0 Å². The molecule has 1 aliphatic heterocycles. The van der Waals surface area contributed by atoms with Gasteiger partial charge in [-0.1, -0.05) is 13.3 Å². The molecule has 0 fully saturated rings. The van der Waals surface area contributed by atoms with Gasteiger partial charge in [0.05, 0.1) is 20.8 Å². The minimum atomic E-state index is 0.0375. The summed E-state index contributed by atoms with van der Waals surface area (Å²) >= 11 is 0. The van der Waals surface area contributed by atoms with Crippen molar-refractivity contribution in [3.8, 4) is 17.2 Å². The van der Waals surface area contributed by atoms with Gasteiger partial charge < -0.3 is 19.1 Å². The number of benzene rings is 2. The Morgan fingerprint density at radius 3 is 2.33 bits per heavy atom. The molecule has 0 bridgehead atoms. The van der Waals surface area contributed by atoms with Gasteiger partial charge in [0.25, 0.3) is 5.91 Å². The summed E-state index contributed by atoms with van der Waals surface area (Å²) in [6, 6.07) is 11.4. The number of rotatable bonds is 7. The summed E-state index contributed by atoms with van der Waals surface area (Å²) in [6.07, 6.45) is 2.94. The maximum absolute atomic E-state index is 12.9. The molecule has 3 rings (SSSR count). The smallest absolute Gasteiger partial charge is 0.254 e. The molecule has 0 atom stereocenters. The summed E-state index contributed by atoms with van der Waals surface area (Å²) in [5.74, 6) is 2.27. The van der Waals surface area contributed by atoms with Crippen LogP contribution in [0.15, 0.2) is 36.4 Å². The lowest BCUT2D eigenvalue weighted by Gasteiger charge is -2.29. The predicted octanol–water partition coefficient (Wildman–Crippen LogP) is 4.08. The minimum Gasteiger partial charge on any atom is -0.494 e. The van der Waals surface area contributed by atoms with Gasteiger partial charge in [0, 0.05) is 18.7 Å². The summed E-state index contributed by atoms with van der Waals surface area (Å²) in [5.41, 5.74) is 2.99. The van der Waals surface area contributed by atoms with Crippen molar-refractivity contribution < 1.29 is 19.0 Å². The Bertz CT molecular complexity index is 786. The molecular formula is C22H27NO4. The second kappa shape index (κ2) is 8.80. The average molecular weight is 369 g/mol. The van der Waals surface area contributed by atoms with Gasteiger partial charge in [-0.05, 0) is 60.4 Å². The fourth-order valence-electron chi connectivity index (χ4n) is 3.27. The van der Waals surface area contributed by atoms with Crippen molar-refractivity contribution in [1.82, 2.24) is 4.90 Å². The molecule has 1 aliphatic rings. The molecule has 2 aromatic rings. The maximum Gasteiger partial charge on any atom is 0.254 e. The molecule has 0 radical (unpaired) electrons. The molecule has 0 N–H and O–H groups in total. The van der Waals surface area contributed by atoms with E-state index in [4.69, 9.17) is 14.2 Å². The molecule has 0 saturated heterocycles. The van der Waals surface area contributed by atoms with Gasteiger partial charge in [-0.15, -0.1) is 0 Å². The molecule has 2 aromatic carbocycles. The van der Waals surface area contributed by atoms with E-state index in [1.165, 1.54) is 5.56 Å². The summed E-state index contributed by atoms with van der Waals surface area (Å²) in [5, 5.41) is 0. The van der Waals surface area contributed by atoms with E-state index in [9.17, 15) is 4.79 Å². The molecule has 1 heterocycles. The largest absolute Gasteiger partial charge is 0.494 e. The van der Waals surface area contributed by atoms with Crippen LogP contribution in [-0.2, 0) is 13.0 Å². The number of carbonyl (C=O) groups is 1. The summed E-state index contributed by atoms with van der Waals surface area (Å²) in [7, 11) is 3.26. The van der Waals surface area contributed by atoms with E-state index in [0.717, 1.165) is 36.3 Å². The zero-order valence-corrected chi connectivity index (χ0v) is 16.3. The zero-order valence-electron chi connectivity index (χ0n) is 16.3. The van der Waals surface area contributed by atoms with Crippen LogP contribution in [0.5, 0.6) is 17.2 Å². The molecule has 0 spiro atoms. The quantitative estimate of drug-likeness (QED) is 0.690. The van der Waals surface area contributed by atoms with Crippen molar-refractivity contribution in [2.75, 3.05) is 27.4 Å². The van der Waals surface area contributed by atoms with Crippen molar-refractivity contribution in [2.24, 2.45) is 0 Å². The fraction of sp³-hybridized carbons (Fsp3) is 0.409. The van der Waals surface area contributed by atoms with E-state index >= 15 is 0 Å². The van der Waals surface area contributed by atoms with E-state index in [1.807, 2.05) is 41.3 Å². The normalized spacial score (nSPS) is 13.1. The Morgan fingerprint density at radius 2 is 1.70 bits per heavy atom. The Labute approximate surface area is 160 Å². The predicted molar refractivity (Wildman–Crippen MR) is 105 cm³/mol. The number of amides is 1. The first-order valence-electron chi connectivity index (χ1n) is 9.42. The van der Waals surface area contributed by atoms with Crippen LogP contribution in [0.2, 0.25) is 0 Å². The lowest BCUT2D eigenvalue weighted by atomic mass is 9.98. The first-order valence-corrected chi connectivity index (χ1v) is 9.42. The van der Waals surface area contributed by atoms with Gasteiger partial charge in [0.2, 0.25) is 0 Å². The molecule has 0 aliphatic carbocycles. The van der Waals surface area contributed by atoms with Crippen molar-refractivity contribution >= 4 is 5.91 Å². The Morgan fingerprint density at radius 1 is 1.04 bits per heavy atom. The third kappa shape index (κ3) is 4.35. The van der Waals surface area contributed by atoms with E-state index < -0.39 is 0 Å². The van der Waals surface area contributed by atoms with Gasteiger partial charge in [-0.3, -0.25) is 4.79 Å². The fourth-order valence-corrected chi connectivity index (χ4v) is 3.27. The van der Waals surface area contributed by atoms with E-state index in [2.05, 4.69) is 6.92 Å². The topological polar surface area (TPSA) is 48.0 Å². The van der Waals surface area contributed by atoms with Gasteiger partial charge in [0.15, 0.2) is 11.5 Å². The van der Waals surface area contributed by atoms with E-state index in [-0.39, 0.29) is 5.91 Å². The number of unbranched alkanes of at least 4 members (excludes halogenated alkanes) is 1. The lowest BCUT2D eigenvalue weighted by Crippen LogP contribution is -2.36. The van der Waals surface area contributed by atoms with Crippen LogP contribution in [0.1, 0.15) is 41.3 Å². The van der Waals surface area contributed by atoms with E-state index in [1.54, 1.807) is 14.2 Å².